The predicted molar refractivity (Wildman–Crippen MR) is 110 cm³/mol. The van der Waals surface area contributed by atoms with E-state index in [1.54, 1.807) is 9.80 Å². The first-order valence-electron chi connectivity index (χ1n) is 8.92. The maximum atomic E-state index is 5.52. The maximum absolute atomic E-state index is 5.52. The SMILES string of the molecule is Cc1cccc(NC(=S)NC[C@H](c2cccs2)[NH+]2CC[NH+](C)CC2)c1. The number of hydrogen-bond acceptors (Lipinski definition) is 2. The van der Waals surface area contributed by atoms with Crippen molar-refractivity contribution in [2.45, 2.75) is 13.0 Å². The standard InChI is InChI=1S/C19H26N4S2/c1-15-5-3-6-16(13-15)21-19(24)20-14-17(18-7-4-12-25-18)23-10-8-22(2)9-11-23/h3-7,12-13,17H,8-11,14H2,1-2H3,(H2,20,21,24)/p+2/t17-/m1/s1. The Kier molecular flexibility index (Phi) is 6.42. The number of quaternary nitrogens is 2. The number of thiocarbonyl (C=S) groups is 1. The van der Waals surface area contributed by atoms with Crippen LogP contribution >= 0.6 is 23.6 Å². The first-order chi connectivity index (χ1) is 12.1. The van der Waals surface area contributed by atoms with Crippen LogP contribution in [0.25, 0.3) is 0 Å². The molecular weight excluding hydrogens is 348 g/mol. The van der Waals surface area contributed by atoms with E-state index in [4.69, 9.17) is 12.2 Å². The second-order valence-electron chi connectivity index (χ2n) is 6.89. The minimum atomic E-state index is 0.463. The molecule has 1 saturated heterocycles. The topological polar surface area (TPSA) is 32.9 Å². The molecule has 2 heterocycles. The minimum absolute atomic E-state index is 0.463. The Morgan fingerprint density at radius 1 is 1.20 bits per heavy atom. The molecule has 6 heteroatoms. The number of thiophene rings is 1. The average Bonchev–Trinajstić information content (AvgIpc) is 3.11. The fourth-order valence-electron chi connectivity index (χ4n) is 3.37. The molecule has 1 atom stereocenters. The molecule has 3 rings (SSSR count). The third-order valence-electron chi connectivity index (χ3n) is 4.87. The van der Waals surface area contributed by atoms with Gasteiger partial charge in [0.15, 0.2) is 5.11 Å². The number of rotatable bonds is 5. The Bertz CT molecular complexity index is 678. The molecule has 25 heavy (non-hydrogen) atoms. The highest BCUT2D eigenvalue weighted by Gasteiger charge is 2.29. The number of anilines is 1. The van der Waals surface area contributed by atoms with Crippen molar-refractivity contribution in [2.75, 3.05) is 45.1 Å². The summed E-state index contributed by atoms with van der Waals surface area (Å²) in [6.07, 6.45) is 0. The van der Waals surface area contributed by atoms with E-state index >= 15 is 0 Å². The summed E-state index contributed by atoms with van der Waals surface area (Å²) in [6.45, 7) is 7.87. The van der Waals surface area contributed by atoms with E-state index in [2.05, 4.69) is 54.3 Å². The first kappa shape index (κ1) is 18.3. The predicted octanol–water partition coefficient (Wildman–Crippen LogP) is 0.497. The van der Waals surface area contributed by atoms with E-state index in [1.807, 2.05) is 23.5 Å². The van der Waals surface area contributed by atoms with Gasteiger partial charge in [-0.2, -0.15) is 0 Å². The van der Waals surface area contributed by atoms with Gasteiger partial charge in [-0.25, -0.2) is 0 Å². The Balaban J connectivity index is 1.59. The largest absolute Gasteiger partial charge is 0.356 e. The summed E-state index contributed by atoms with van der Waals surface area (Å²) in [6, 6.07) is 13.2. The zero-order chi connectivity index (χ0) is 17.6. The van der Waals surface area contributed by atoms with Crippen molar-refractivity contribution in [2.24, 2.45) is 0 Å². The molecule has 0 saturated carbocycles. The smallest absolute Gasteiger partial charge is 0.171 e. The van der Waals surface area contributed by atoms with Crippen molar-refractivity contribution < 1.29 is 9.80 Å². The van der Waals surface area contributed by atoms with Gasteiger partial charge in [-0.1, -0.05) is 18.2 Å². The van der Waals surface area contributed by atoms with Crippen LogP contribution in [0.3, 0.4) is 0 Å². The van der Waals surface area contributed by atoms with Crippen molar-refractivity contribution in [1.82, 2.24) is 5.32 Å². The van der Waals surface area contributed by atoms with Gasteiger partial charge in [-0.3, -0.25) is 0 Å². The molecule has 0 amide bonds. The molecule has 1 aliphatic heterocycles. The summed E-state index contributed by atoms with van der Waals surface area (Å²) in [7, 11) is 2.29. The Labute approximate surface area is 159 Å². The number of aryl methyl sites for hydroxylation is 1. The van der Waals surface area contributed by atoms with E-state index in [-0.39, 0.29) is 0 Å². The summed E-state index contributed by atoms with van der Waals surface area (Å²) >= 11 is 7.37. The molecule has 4 nitrogen and oxygen atoms in total. The van der Waals surface area contributed by atoms with Crippen molar-refractivity contribution in [1.29, 1.82) is 0 Å². The van der Waals surface area contributed by atoms with Gasteiger partial charge < -0.3 is 20.4 Å². The van der Waals surface area contributed by atoms with Gasteiger partial charge in [0.1, 0.15) is 32.2 Å². The summed E-state index contributed by atoms with van der Waals surface area (Å²) in [4.78, 5) is 4.75. The summed E-state index contributed by atoms with van der Waals surface area (Å²) in [5.74, 6) is 0. The summed E-state index contributed by atoms with van der Waals surface area (Å²) in [5.41, 5.74) is 2.27. The number of nitrogens with one attached hydrogen (secondary N) is 4. The molecule has 0 spiro atoms. The number of likely N-dealkylation sites (N-methyl/N-ethyl adjacent to an activating group) is 1. The van der Waals surface area contributed by atoms with Gasteiger partial charge in [0.25, 0.3) is 0 Å². The van der Waals surface area contributed by atoms with Crippen LogP contribution in [0, 0.1) is 6.92 Å². The molecule has 1 aliphatic rings. The van der Waals surface area contributed by atoms with Crippen LogP contribution in [0.2, 0.25) is 0 Å². The second kappa shape index (κ2) is 8.76. The Hall–Kier alpha value is -1.47. The molecule has 1 fully saturated rings. The van der Waals surface area contributed by atoms with Gasteiger partial charge in [0, 0.05) is 5.69 Å². The lowest BCUT2D eigenvalue weighted by atomic mass is 10.1. The van der Waals surface area contributed by atoms with Gasteiger partial charge >= 0.3 is 0 Å². The van der Waals surface area contributed by atoms with Crippen molar-refractivity contribution in [3.05, 3.63) is 52.2 Å². The highest BCUT2D eigenvalue weighted by molar-refractivity contribution is 7.80. The summed E-state index contributed by atoms with van der Waals surface area (Å²) < 4.78 is 0. The Morgan fingerprint density at radius 3 is 2.68 bits per heavy atom. The highest BCUT2D eigenvalue weighted by atomic mass is 32.1. The molecule has 0 aliphatic carbocycles. The average molecular weight is 377 g/mol. The van der Waals surface area contributed by atoms with Crippen LogP contribution in [-0.2, 0) is 0 Å². The monoisotopic (exact) mass is 376 g/mol. The van der Waals surface area contributed by atoms with Gasteiger partial charge in [-0.15, -0.1) is 11.3 Å². The molecule has 4 N–H and O–H groups in total. The second-order valence-corrected chi connectivity index (χ2v) is 8.28. The van der Waals surface area contributed by atoms with Gasteiger partial charge in [-0.05, 0) is 48.3 Å². The van der Waals surface area contributed by atoms with Crippen LogP contribution in [0.15, 0.2) is 41.8 Å². The lowest BCUT2D eigenvalue weighted by Gasteiger charge is -2.33. The highest BCUT2D eigenvalue weighted by Crippen LogP contribution is 2.16. The van der Waals surface area contributed by atoms with Crippen molar-refractivity contribution in [3.8, 4) is 0 Å². The van der Waals surface area contributed by atoms with E-state index in [1.165, 1.54) is 36.6 Å². The van der Waals surface area contributed by atoms with Crippen LogP contribution in [0.5, 0.6) is 0 Å². The van der Waals surface area contributed by atoms with Crippen LogP contribution < -0.4 is 20.4 Å². The molecule has 0 unspecified atom stereocenters. The fraction of sp³-hybridized carbons (Fsp3) is 0.421. The molecule has 0 radical (unpaired) electrons. The summed E-state index contributed by atoms with van der Waals surface area (Å²) in [5, 5.41) is 9.62. The van der Waals surface area contributed by atoms with Gasteiger partial charge in [0.2, 0.25) is 0 Å². The molecule has 1 aromatic carbocycles. The van der Waals surface area contributed by atoms with Crippen LogP contribution in [0.4, 0.5) is 5.69 Å². The fourth-order valence-corrected chi connectivity index (χ4v) is 4.46. The van der Waals surface area contributed by atoms with Crippen molar-refractivity contribution >= 4 is 34.4 Å². The van der Waals surface area contributed by atoms with Gasteiger partial charge in [0.05, 0.1) is 18.5 Å². The molecule has 2 aromatic rings. The van der Waals surface area contributed by atoms with E-state index in [9.17, 15) is 0 Å². The third-order valence-corrected chi connectivity index (χ3v) is 6.10. The van der Waals surface area contributed by atoms with Crippen LogP contribution in [-0.4, -0.2) is 44.9 Å². The third kappa shape index (κ3) is 5.25. The van der Waals surface area contributed by atoms with Crippen molar-refractivity contribution in [3.63, 3.8) is 0 Å². The number of piperazine rings is 1. The molecule has 0 bridgehead atoms. The molecular formula is C19H28N4S2+2. The quantitative estimate of drug-likeness (QED) is 0.574. The van der Waals surface area contributed by atoms with E-state index in [0.29, 0.717) is 11.2 Å². The van der Waals surface area contributed by atoms with Crippen LogP contribution in [0.1, 0.15) is 16.5 Å². The number of benzene rings is 1. The maximum Gasteiger partial charge on any atom is 0.171 e. The first-order valence-corrected chi connectivity index (χ1v) is 10.2. The Morgan fingerprint density at radius 2 is 2.00 bits per heavy atom. The minimum Gasteiger partial charge on any atom is -0.356 e. The number of hydrogen-bond donors (Lipinski definition) is 4. The normalized spacial score (nSPS) is 21.5. The van der Waals surface area contributed by atoms with E-state index < -0.39 is 0 Å². The molecule has 1 aromatic heterocycles. The lowest BCUT2D eigenvalue weighted by Crippen LogP contribution is -3.27. The lowest BCUT2D eigenvalue weighted by molar-refractivity contribution is -1.02. The zero-order valence-corrected chi connectivity index (χ0v) is 16.6. The molecule has 134 valence electrons. The van der Waals surface area contributed by atoms with E-state index in [0.717, 1.165) is 12.2 Å². The zero-order valence-electron chi connectivity index (χ0n) is 15.0.